The summed E-state index contributed by atoms with van der Waals surface area (Å²) in [6.45, 7) is 3.84. The van der Waals surface area contributed by atoms with E-state index in [4.69, 9.17) is 4.74 Å². The highest BCUT2D eigenvalue weighted by atomic mass is 19.4. The van der Waals surface area contributed by atoms with E-state index in [0.29, 0.717) is 42.8 Å². The van der Waals surface area contributed by atoms with Gasteiger partial charge in [0.05, 0.1) is 49.0 Å². The zero-order valence-electron chi connectivity index (χ0n) is 17.6. The van der Waals surface area contributed by atoms with Gasteiger partial charge in [-0.1, -0.05) is 5.10 Å². The van der Waals surface area contributed by atoms with Crippen molar-refractivity contribution in [3.63, 3.8) is 0 Å². The van der Waals surface area contributed by atoms with Crippen molar-refractivity contribution < 1.29 is 27.1 Å². The molecule has 0 atom stereocenters. The van der Waals surface area contributed by atoms with Crippen molar-refractivity contribution in [1.82, 2.24) is 35.1 Å². The highest BCUT2D eigenvalue weighted by molar-refractivity contribution is 5.79. The smallest absolute Gasteiger partial charge is 0.399 e. The largest absolute Gasteiger partial charge is 0.470 e. The quantitative estimate of drug-likeness (QED) is 0.492. The maximum absolute atomic E-state index is 12.6. The molecule has 1 aliphatic heterocycles. The van der Waals surface area contributed by atoms with Gasteiger partial charge in [-0.3, -0.25) is 14.3 Å². The number of alkyl halides is 3. The van der Waals surface area contributed by atoms with E-state index >= 15 is 0 Å². The van der Waals surface area contributed by atoms with Crippen molar-refractivity contribution >= 4 is 22.8 Å². The maximum atomic E-state index is 12.6. The number of aryl methyl sites for hydroxylation is 1. The van der Waals surface area contributed by atoms with Gasteiger partial charge in [-0.2, -0.15) is 23.4 Å². The number of rotatable bonds is 7. The van der Waals surface area contributed by atoms with Gasteiger partial charge < -0.3 is 19.0 Å². The van der Waals surface area contributed by atoms with Gasteiger partial charge >= 0.3 is 18.1 Å². The molecule has 4 heterocycles. The molecule has 1 saturated heterocycles. The summed E-state index contributed by atoms with van der Waals surface area (Å²) in [6.07, 6.45) is -3.00. The van der Waals surface area contributed by atoms with Crippen molar-refractivity contribution in [1.29, 1.82) is 0 Å². The van der Waals surface area contributed by atoms with Crippen LogP contribution in [0.1, 0.15) is 18.0 Å². The summed E-state index contributed by atoms with van der Waals surface area (Å²) in [5.41, 5.74) is 0.901. The first-order valence-corrected chi connectivity index (χ1v) is 10.2. The Kier molecular flexibility index (Phi) is 6.31. The van der Waals surface area contributed by atoms with E-state index in [2.05, 4.69) is 29.9 Å². The van der Waals surface area contributed by atoms with Gasteiger partial charge in [0.1, 0.15) is 0 Å². The van der Waals surface area contributed by atoms with Crippen molar-refractivity contribution in [2.75, 3.05) is 44.3 Å². The SMILES string of the molecule is Cc1nn(CCOCCC(=O)N2CCN(c3nnc(C(F)(F)F)o3)CC2)c2cn[nH]c(=O)c12. The minimum atomic E-state index is -4.69. The van der Waals surface area contributed by atoms with Crippen LogP contribution in [0.3, 0.4) is 0 Å². The second kappa shape index (κ2) is 9.17. The normalized spacial score (nSPS) is 14.9. The summed E-state index contributed by atoms with van der Waals surface area (Å²) in [7, 11) is 0. The number of nitrogens with zero attached hydrogens (tertiary/aromatic N) is 7. The summed E-state index contributed by atoms with van der Waals surface area (Å²) in [6, 6.07) is -0.212. The number of aromatic amines is 1. The summed E-state index contributed by atoms with van der Waals surface area (Å²) in [5.74, 6) is -1.51. The number of H-pyrrole nitrogens is 1. The predicted octanol–water partition coefficient (Wildman–Crippen LogP) is 0.585. The first kappa shape index (κ1) is 22.7. The van der Waals surface area contributed by atoms with Crippen LogP contribution in [0.2, 0.25) is 0 Å². The monoisotopic (exact) mass is 470 g/mol. The standard InChI is InChI=1S/C18H21F3N8O4/c1-11-14-12(10-22-23-15(14)31)29(26-11)7-9-32-8-2-13(30)27-3-5-28(6-4-27)17-25-24-16(33-17)18(19,20)21/h10H,2-9H2,1H3,(H,23,31). The molecule has 4 rings (SSSR count). The Labute approximate surface area is 184 Å². The minimum absolute atomic E-state index is 0.118. The number of carbonyl (C=O) groups is 1. The fourth-order valence-electron chi connectivity index (χ4n) is 3.57. The fraction of sp³-hybridized carbons (Fsp3) is 0.556. The van der Waals surface area contributed by atoms with E-state index in [1.165, 1.54) is 11.1 Å². The highest BCUT2D eigenvalue weighted by Gasteiger charge is 2.39. The van der Waals surface area contributed by atoms with Crippen LogP contribution in [0.25, 0.3) is 10.9 Å². The molecule has 12 nitrogen and oxygen atoms in total. The highest BCUT2D eigenvalue weighted by Crippen LogP contribution is 2.29. The van der Waals surface area contributed by atoms with Gasteiger partial charge in [-0.05, 0) is 6.92 Å². The van der Waals surface area contributed by atoms with Crippen LogP contribution in [-0.4, -0.2) is 80.4 Å². The van der Waals surface area contributed by atoms with Gasteiger partial charge in [0.2, 0.25) is 5.91 Å². The van der Waals surface area contributed by atoms with Crippen LogP contribution in [0.5, 0.6) is 0 Å². The number of aromatic nitrogens is 6. The number of hydrogen-bond donors (Lipinski definition) is 1. The molecule has 3 aromatic rings. The minimum Gasteiger partial charge on any atom is -0.399 e. The summed E-state index contributed by atoms with van der Waals surface area (Å²) in [5, 5.41) is 17.4. The number of halogens is 3. The van der Waals surface area contributed by atoms with Crippen LogP contribution in [0.15, 0.2) is 15.4 Å². The maximum Gasteiger partial charge on any atom is 0.470 e. The molecule has 178 valence electrons. The van der Waals surface area contributed by atoms with E-state index < -0.39 is 12.1 Å². The van der Waals surface area contributed by atoms with Gasteiger partial charge in [-0.15, -0.1) is 5.10 Å². The first-order valence-electron chi connectivity index (χ1n) is 10.2. The lowest BCUT2D eigenvalue weighted by atomic mass is 10.3. The van der Waals surface area contributed by atoms with Crippen LogP contribution in [0, 0.1) is 6.92 Å². The molecule has 15 heteroatoms. The van der Waals surface area contributed by atoms with E-state index in [1.807, 2.05) is 0 Å². The molecule has 1 aliphatic rings. The van der Waals surface area contributed by atoms with Gasteiger partial charge in [0, 0.05) is 26.2 Å². The lowest BCUT2D eigenvalue weighted by Gasteiger charge is -2.33. The molecule has 0 aromatic carbocycles. The van der Waals surface area contributed by atoms with Crippen molar-refractivity contribution in [2.45, 2.75) is 26.1 Å². The lowest BCUT2D eigenvalue weighted by molar-refractivity contribution is -0.157. The Morgan fingerprint density at radius 3 is 2.67 bits per heavy atom. The Bertz CT molecular complexity index is 1180. The zero-order valence-corrected chi connectivity index (χ0v) is 17.6. The molecule has 0 radical (unpaired) electrons. The Morgan fingerprint density at radius 1 is 1.21 bits per heavy atom. The number of carbonyl (C=O) groups excluding carboxylic acids is 1. The summed E-state index contributed by atoms with van der Waals surface area (Å²) < 4.78 is 49.6. The number of fused-ring (bicyclic) bond motifs is 1. The number of anilines is 1. The molecule has 0 aliphatic carbocycles. The Balaban J connectivity index is 1.19. The number of nitrogens with one attached hydrogen (secondary N) is 1. The number of amides is 1. The van der Waals surface area contributed by atoms with E-state index in [-0.39, 0.29) is 43.6 Å². The molecule has 1 N–H and O–H groups in total. The number of piperazine rings is 1. The van der Waals surface area contributed by atoms with Gasteiger partial charge in [-0.25, -0.2) is 5.10 Å². The Morgan fingerprint density at radius 2 is 1.97 bits per heavy atom. The van der Waals surface area contributed by atoms with Crippen molar-refractivity contribution in [3.05, 3.63) is 28.1 Å². The third kappa shape index (κ3) is 4.97. The van der Waals surface area contributed by atoms with Crippen molar-refractivity contribution in [2.24, 2.45) is 0 Å². The molecule has 0 saturated carbocycles. The van der Waals surface area contributed by atoms with E-state index in [0.717, 1.165) is 0 Å². The molecule has 0 unspecified atom stereocenters. The fourth-order valence-corrected chi connectivity index (χ4v) is 3.57. The molecule has 0 bridgehead atoms. The zero-order chi connectivity index (χ0) is 23.6. The number of ether oxygens (including phenoxy) is 1. The second-order valence-corrected chi connectivity index (χ2v) is 7.39. The third-order valence-electron chi connectivity index (χ3n) is 5.21. The van der Waals surface area contributed by atoms with Crippen LogP contribution >= 0.6 is 0 Å². The summed E-state index contributed by atoms with van der Waals surface area (Å²) >= 11 is 0. The molecule has 1 fully saturated rings. The molecule has 33 heavy (non-hydrogen) atoms. The molecule has 3 aromatic heterocycles. The van der Waals surface area contributed by atoms with Crippen LogP contribution in [0.4, 0.5) is 19.2 Å². The molecular weight excluding hydrogens is 449 g/mol. The third-order valence-corrected chi connectivity index (χ3v) is 5.21. The van der Waals surface area contributed by atoms with E-state index in [9.17, 15) is 22.8 Å². The second-order valence-electron chi connectivity index (χ2n) is 7.39. The summed E-state index contributed by atoms with van der Waals surface area (Å²) in [4.78, 5) is 27.4. The average molecular weight is 470 g/mol. The van der Waals surface area contributed by atoms with Crippen molar-refractivity contribution in [3.8, 4) is 0 Å². The topological polar surface area (TPSA) is 135 Å². The Hall–Kier alpha value is -3.49. The van der Waals surface area contributed by atoms with Crippen LogP contribution < -0.4 is 10.5 Å². The average Bonchev–Trinajstić information content (AvgIpc) is 3.40. The van der Waals surface area contributed by atoms with E-state index in [1.54, 1.807) is 16.5 Å². The first-order chi connectivity index (χ1) is 15.7. The predicted molar refractivity (Wildman–Crippen MR) is 106 cm³/mol. The van der Waals surface area contributed by atoms with Gasteiger partial charge in [0.15, 0.2) is 0 Å². The number of hydrogen-bond acceptors (Lipinski definition) is 9. The molecule has 1 amide bonds. The molecular formula is C18H21F3N8O4. The lowest BCUT2D eigenvalue weighted by Crippen LogP contribution is -2.49. The van der Waals surface area contributed by atoms with Crippen LogP contribution in [-0.2, 0) is 22.3 Å². The molecule has 0 spiro atoms. The van der Waals surface area contributed by atoms with Gasteiger partial charge in [0.25, 0.3) is 5.56 Å².